The number of hydrogen-bond donors (Lipinski definition) is 1. The third-order valence-electron chi connectivity index (χ3n) is 2.13. The van der Waals surface area contributed by atoms with Crippen molar-refractivity contribution < 1.29 is 9.13 Å². The first-order chi connectivity index (χ1) is 7.42. The highest BCUT2D eigenvalue weighted by Gasteiger charge is 2.19. The predicted molar refractivity (Wildman–Crippen MR) is 63.9 cm³/mol. The van der Waals surface area contributed by atoms with Crippen molar-refractivity contribution in [2.45, 2.75) is 32.5 Å². The summed E-state index contributed by atoms with van der Waals surface area (Å²) in [5.41, 5.74) is 0.779. The second-order valence-corrected chi connectivity index (χ2v) is 4.83. The first-order valence-electron chi connectivity index (χ1n) is 5.50. The van der Waals surface area contributed by atoms with Gasteiger partial charge in [-0.15, -0.1) is 0 Å². The van der Waals surface area contributed by atoms with Crippen LogP contribution in [0.25, 0.3) is 0 Å². The molecule has 16 heavy (non-hydrogen) atoms. The van der Waals surface area contributed by atoms with E-state index in [2.05, 4.69) is 5.32 Å². The van der Waals surface area contributed by atoms with Crippen LogP contribution in [0, 0.1) is 5.82 Å². The molecule has 2 nitrogen and oxygen atoms in total. The number of rotatable bonds is 4. The zero-order valence-corrected chi connectivity index (χ0v) is 10.4. The summed E-state index contributed by atoms with van der Waals surface area (Å²) in [6.07, 6.45) is -0.0504. The fourth-order valence-corrected chi connectivity index (χ4v) is 1.52. The van der Waals surface area contributed by atoms with Gasteiger partial charge in [-0.1, -0.05) is 12.1 Å². The SMILES string of the molecule is CNCC(OC(C)(C)C)c1ccc(F)cc1. The van der Waals surface area contributed by atoms with Gasteiger partial charge in [-0.3, -0.25) is 0 Å². The van der Waals surface area contributed by atoms with Crippen LogP contribution in [0.4, 0.5) is 4.39 Å². The Hall–Kier alpha value is -0.930. The van der Waals surface area contributed by atoms with Crippen LogP contribution in [0.3, 0.4) is 0 Å². The molecule has 1 N–H and O–H groups in total. The van der Waals surface area contributed by atoms with Crippen molar-refractivity contribution in [3.63, 3.8) is 0 Å². The predicted octanol–water partition coefficient (Wildman–Crippen LogP) is 2.90. The van der Waals surface area contributed by atoms with Crippen LogP contribution in [0.5, 0.6) is 0 Å². The molecular weight excluding hydrogens is 205 g/mol. The molecule has 90 valence electrons. The Bertz CT molecular complexity index is 316. The molecule has 0 spiro atoms. The van der Waals surface area contributed by atoms with Gasteiger partial charge in [-0.2, -0.15) is 0 Å². The van der Waals surface area contributed by atoms with Crippen LogP contribution in [-0.4, -0.2) is 19.2 Å². The normalized spacial score (nSPS) is 13.8. The molecule has 1 atom stereocenters. The summed E-state index contributed by atoms with van der Waals surface area (Å²) in [5, 5.41) is 3.08. The first-order valence-corrected chi connectivity index (χ1v) is 5.50. The minimum absolute atomic E-state index is 0.0504. The molecule has 0 amide bonds. The van der Waals surface area contributed by atoms with Gasteiger partial charge in [-0.25, -0.2) is 4.39 Å². The monoisotopic (exact) mass is 225 g/mol. The molecule has 0 bridgehead atoms. The Morgan fingerprint density at radius 3 is 2.25 bits per heavy atom. The summed E-state index contributed by atoms with van der Waals surface area (Å²) in [4.78, 5) is 0. The molecule has 3 heteroatoms. The average Bonchev–Trinajstić information content (AvgIpc) is 2.16. The van der Waals surface area contributed by atoms with Crippen molar-refractivity contribution in [1.82, 2.24) is 5.32 Å². The highest BCUT2D eigenvalue weighted by Crippen LogP contribution is 2.23. The van der Waals surface area contributed by atoms with Crippen molar-refractivity contribution in [3.05, 3.63) is 35.6 Å². The lowest BCUT2D eigenvalue weighted by Gasteiger charge is -2.27. The number of ether oxygens (including phenoxy) is 1. The van der Waals surface area contributed by atoms with E-state index >= 15 is 0 Å². The molecule has 0 aliphatic carbocycles. The van der Waals surface area contributed by atoms with Crippen LogP contribution in [0.15, 0.2) is 24.3 Å². The van der Waals surface area contributed by atoms with E-state index in [1.807, 2.05) is 27.8 Å². The van der Waals surface area contributed by atoms with Gasteiger partial charge in [0.15, 0.2) is 0 Å². The number of benzene rings is 1. The maximum absolute atomic E-state index is 12.8. The Morgan fingerprint density at radius 2 is 1.81 bits per heavy atom. The molecule has 0 radical (unpaired) electrons. The van der Waals surface area contributed by atoms with E-state index in [1.54, 1.807) is 12.1 Å². The van der Waals surface area contributed by atoms with Gasteiger partial charge in [0.1, 0.15) is 5.82 Å². The number of hydrogen-bond acceptors (Lipinski definition) is 2. The Labute approximate surface area is 96.8 Å². The van der Waals surface area contributed by atoms with Gasteiger partial charge in [0.05, 0.1) is 11.7 Å². The quantitative estimate of drug-likeness (QED) is 0.850. The number of nitrogens with one attached hydrogen (secondary N) is 1. The molecule has 0 aliphatic rings. The third kappa shape index (κ3) is 4.29. The van der Waals surface area contributed by atoms with E-state index in [0.29, 0.717) is 6.54 Å². The van der Waals surface area contributed by atoms with E-state index in [1.165, 1.54) is 12.1 Å². The van der Waals surface area contributed by atoms with Gasteiger partial charge in [-0.05, 0) is 45.5 Å². The van der Waals surface area contributed by atoms with Gasteiger partial charge in [0.2, 0.25) is 0 Å². The molecular formula is C13H20FNO. The molecule has 0 aromatic heterocycles. The van der Waals surface area contributed by atoms with Crippen molar-refractivity contribution >= 4 is 0 Å². The first kappa shape index (κ1) is 13.1. The Balaban J connectivity index is 2.80. The smallest absolute Gasteiger partial charge is 0.123 e. The van der Waals surface area contributed by atoms with Crippen LogP contribution in [-0.2, 0) is 4.74 Å². The van der Waals surface area contributed by atoms with Crippen molar-refractivity contribution in [2.75, 3.05) is 13.6 Å². The van der Waals surface area contributed by atoms with E-state index in [-0.39, 0.29) is 17.5 Å². The lowest BCUT2D eigenvalue weighted by Crippen LogP contribution is -2.28. The minimum Gasteiger partial charge on any atom is -0.367 e. The van der Waals surface area contributed by atoms with Crippen LogP contribution >= 0.6 is 0 Å². The third-order valence-corrected chi connectivity index (χ3v) is 2.13. The Morgan fingerprint density at radius 1 is 1.25 bits per heavy atom. The summed E-state index contributed by atoms with van der Waals surface area (Å²) in [5.74, 6) is -0.220. The summed E-state index contributed by atoms with van der Waals surface area (Å²) >= 11 is 0. The van der Waals surface area contributed by atoms with E-state index in [9.17, 15) is 4.39 Å². The highest BCUT2D eigenvalue weighted by molar-refractivity contribution is 5.19. The Kier molecular flexibility index (Phi) is 4.44. The van der Waals surface area contributed by atoms with Crippen molar-refractivity contribution in [3.8, 4) is 0 Å². The second-order valence-electron chi connectivity index (χ2n) is 4.83. The van der Waals surface area contributed by atoms with Crippen LogP contribution in [0.2, 0.25) is 0 Å². The largest absolute Gasteiger partial charge is 0.367 e. The zero-order valence-electron chi connectivity index (χ0n) is 10.4. The fraction of sp³-hybridized carbons (Fsp3) is 0.538. The highest BCUT2D eigenvalue weighted by atomic mass is 19.1. The van der Waals surface area contributed by atoms with E-state index in [0.717, 1.165) is 5.56 Å². The maximum atomic E-state index is 12.8. The van der Waals surface area contributed by atoms with Crippen molar-refractivity contribution in [2.24, 2.45) is 0 Å². The molecule has 0 heterocycles. The molecule has 1 unspecified atom stereocenters. The summed E-state index contributed by atoms with van der Waals surface area (Å²) in [7, 11) is 1.88. The summed E-state index contributed by atoms with van der Waals surface area (Å²) in [6, 6.07) is 6.46. The number of likely N-dealkylation sites (N-methyl/N-ethyl adjacent to an activating group) is 1. The molecule has 0 aliphatic heterocycles. The fourth-order valence-electron chi connectivity index (χ4n) is 1.52. The van der Waals surface area contributed by atoms with Gasteiger partial charge < -0.3 is 10.1 Å². The lowest BCUT2D eigenvalue weighted by molar-refractivity contribution is -0.0599. The summed E-state index contributed by atoms with van der Waals surface area (Å²) < 4.78 is 18.7. The second kappa shape index (κ2) is 5.41. The molecule has 0 saturated carbocycles. The van der Waals surface area contributed by atoms with Gasteiger partial charge >= 0.3 is 0 Å². The van der Waals surface area contributed by atoms with Crippen molar-refractivity contribution in [1.29, 1.82) is 0 Å². The van der Waals surface area contributed by atoms with Crippen LogP contribution < -0.4 is 5.32 Å². The standard InChI is InChI=1S/C13H20FNO/c1-13(2,3)16-12(9-15-4)10-5-7-11(14)8-6-10/h5-8,12,15H,9H2,1-4H3. The maximum Gasteiger partial charge on any atom is 0.123 e. The van der Waals surface area contributed by atoms with E-state index in [4.69, 9.17) is 4.74 Å². The van der Waals surface area contributed by atoms with Gasteiger partial charge in [0, 0.05) is 6.54 Å². The molecule has 0 fully saturated rings. The summed E-state index contributed by atoms with van der Waals surface area (Å²) in [6.45, 7) is 6.75. The molecule has 1 rings (SSSR count). The van der Waals surface area contributed by atoms with E-state index < -0.39 is 0 Å². The minimum atomic E-state index is -0.220. The molecule has 0 saturated heterocycles. The number of halogens is 1. The molecule has 1 aromatic carbocycles. The van der Waals surface area contributed by atoms with Crippen LogP contribution in [0.1, 0.15) is 32.4 Å². The average molecular weight is 225 g/mol. The molecule has 1 aromatic rings. The van der Waals surface area contributed by atoms with Gasteiger partial charge in [0.25, 0.3) is 0 Å². The topological polar surface area (TPSA) is 21.3 Å². The zero-order chi connectivity index (χ0) is 12.2. The lowest BCUT2D eigenvalue weighted by atomic mass is 10.1.